The number of nitrogens with two attached hydrogens (primary N) is 1. The summed E-state index contributed by atoms with van der Waals surface area (Å²) < 4.78 is 29.3. The monoisotopic (exact) mass is 272 g/mol. The van der Waals surface area contributed by atoms with E-state index in [-0.39, 0.29) is 11.8 Å². The predicted octanol–water partition coefficient (Wildman–Crippen LogP) is 3.62. The summed E-state index contributed by atoms with van der Waals surface area (Å²) in [5, 5.41) is 0. The molecule has 0 saturated heterocycles. The van der Waals surface area contributed by atoms with Crippen molar-refractivity contribution in [1.29, 1.82) is 0 Å². The summed E-state index contributed by atoms with van der Waals surface area (Å²) in [5.41, 5.74) is 3.38. The molecule has 1 rings (SSSR count). The molecule has 0 aliphatic carbocycles. The third-order valence-corrected chi connectivity index (χ3v) is 3.44. The molecule has 0 heterocycles. The molecule has 0 amide bonds. The van der Waals surface area contributed by atoms with E-state index in [0.717, 1.165) is 19.3 Å². The van der Waals surface area contributed by atoms with Gasteiger partial charge in [-0.2, -0.15) is 8.78 Å². The number of rotatable bonds is 8. The van der Waals surface area contributed by atoms with E-state index in [1.165, 1.54) is 0 Å². The zero-order valence-corrected chi connectivity index (χ0v) is 11.4. The first kappa shape index (κ1) is 15.9. The van der Waals surface area contributed by atoms with Crippen LogP contribution in [0.25, 0.3) is 0 Å². The van der Waals surface area contributed by atoms with Crippen molar-refractivity contribution in [2.45, 2.75) is 45.8 Å². The van der Waals surface area contributed by atoms with E-state index in [0.29, 0.717) is 11.5 Å². The molecule has 1 unspecified atom stereocenters. The molecule has 5 heteroatoms. The number of alkyl halides is 2. The number of benzene rings is 1. The molecule has 0 aliphatic rings. The Kier molecular flexibility index (Phi) is 6.73. The molecule has 3 nitrogen and oxygen atoms in total. The molecule has 0 saturated carbocycles. The Labute approximate surface area is 113 Å². The topological polar surface area (TPSA) is 47.3 Å². The van der Waals surface area contributed by atoms with Gasteiger partial charge in [-0.05, 0) is 18.4 Å². The van der Waals surface area contributed by atoms with Crippen LogP contribution in [-0.2, 0) is 0 Å². The van der Waals surface area contributed by atoms with Crippen molar-refractivity contribution in [3.63, 3.8) is 0 Å². The fourth-order valence-electron chi connectivity index (χ4n) is 2.21. The van der Waals surface area contributed by atoms with Crippen molar-refractivity contribution in [1.82, 2.24) is 5.43 Å². The summed E-state index contributed by atoms with van der Waals surface area (Å²) in [5.74, 6) is 6.26. The van der Waals surface area contributed by atoms with Crippen LogP contribution in [0.3, 0.4) is 0 Å². The van der Waals surface area contributed by atoms with E-state index in [1.807, 2.05) is 0 Å². The number of ether oxygens (including phenoxy) is 1. The molecule has 108 valence electrons. The van der Waals surface area contributed by atoms with Gasteiger partial charge in [0.15, 0.2) is 0 Å². The molecule has 3 N–H and O–H groups in total. The van der Waals surface area contributed by atoms with E-state index in [4.69, 9.17) is 5.84 Å². The van der Waals surface area contributed by atoms with Crippen LogP contribution in [-0.4, -0.2) is 6.61 Å². The lowest BCUT2D eigenvalue weighted by atomic mass is 9.91. The van der Waals surface area contributed by atoms with Gasteiger partial charge in [0.25, 0.3) is 0 Å². The van der Waals surface area contributed by atoms with Crippen LogP contribution >= 0.6 is 0 Å². The van der Waals surface area contributed by atoms with E-state index in [9.17, 15) is 8.78 Å². The van der Waals surface area contributed by atoms with Gasteiger partial charge in [0.05, 0.1) is 0 Å². The molecular formula is C14H22F2N2O. The fraction of sp³-hybridized carbons (Fsp3) is 0.571. The first-order valence-corrected chi connectivity index (χ1v) is 6.62. The Balaban J connectivity index is 2.90. The van der Waals surface area contributed by atoms with Crippen molar-refractivity contribution in [2.24, 2.45) is 11.8 Å². The van der Waals surface area contributed by atoms with Crippen LogP contribution in [0.5, 0.6) is 5.75 Å². The zero-order chi connectivity index (χ0) is 14.3. The van der Waals surface area contributed by atoms with Crippen LogP contribution in [0, 0.1) is 5.92 Å². The van der Waals surface area contributed by atoms with Crippen LogP contribution in [0.1, 0.15) is 44.7 Å². The first-order valence-electron chi connectivity index (χ1n) is 6.62. The largest absolute Gasteiger partial charge is 0.434 e. The van der Waals surface area contributed by atoms with Crippen LogP contribution in [0.2, 0.25) is 0 Å². The highest BCUT2D eigenvalue weighted by Gasteiger charge is 2.19. The maximum atomic E-state index is 12.4. The highest BCUT2D eigenvalue weighted by Crippen LogP contribution is 2.31. The number of hydrogen-bond donors (Lipinski definition) is 2. The summed E-state index contributed by atoms with van der Waals surface area (Å²) >= 11 is 0. The average Bonchev–Trinajstić information content (AvgIpc) is 2.41. The Hall–Kier alpha value is -1.20. The van der Waals surface area contributed by atoms with Gasteiger partial charge in [-0.25, -0.2) is 0 Å². The van der Waals surface area contributed by atoms with Gasteiger partial charge in [-0.3, -0.25) is 11.3 Å². The molecule has 0 radical (unpaired) electrons. The maximum Gasteiger partial charge on any atom is 0.387 e. The highest BCUT2D eigenvalue weighted by molar-refractivity contribution is 5.36. The van der Waals surface area contributed by atoms with Gasteiger partial charge < -0.3 is 4.74 Å². The van der Waals surface area contributed by atoms with Gasteiger partial charge in [-0.1, -0.05) is 44.9 Å². The molecule has 0 spiro atoms. The first-order chi connectivity index (χ1) is 9.12. The summed E-state index contributed by atoms with van der Waals surface area (Å²) in [4.78, 5) is 0. The molecule has 1 atom stereocenters. The van der Waals surface area contributed by atoms with Gasteiger partial charge in [-0.15, -0.1) is 0 Å². The lowest BCUT2D eigenvalue weighted by molar-refractivity contribution is -0.0507. The van der Waals surface area contributed by atoms with Crippen molar-refractivity contribution >= 4 is 0 Å². The minimum atomic E-state index is -2.83. The van der Waals surface area contributed by atoms with E-state index in [2.05, 4.69) is 24.0 Å². The van der Waals surface area contributed by atoms with Crippen molar-refractivity contribution in [3.05, 3.63) is 29.8 Å². The highest BCUT2D eigenvalue weighted by atomic mass is 19.3. The number of hydrazine groups is 1. The Bertz CT molecular complexity index is 370. The van der Waals surface area contributed by atoms with E-state index >= 15 is 0 Å². The molecule has 19 heavy (non-hydrogen) atoms. The SMILES string of the molecule is CCC(CC)CC(NN)c1ccccc1OC(F)F. The molecular weight excluding hydrogens is 250 g/mol. The lowest BCUT2D eigenvalue weighted by Gasteiger charge is -2.23. The molecule has 0 fully saturated rings. The molecule has 1 aromatic carbocycles. The molecule has 1 aromatic rings. The van der Waals surface area contributed by atoms with Gasteiger partial charge in [0.2, 0.25) is 0 Å². The zero-order valence-electron chi connectivity index (χ0n) is 11.4. The Morgan fingerprint density at radius 1 is 1.21 bits per heavy atom. The lowest BCUT2D eigenvalue weighted by Crippen LogP contribution is -2.30. The second kappa shape index (κ2) is 8.07. The Morgan fingerprint density at radius 3 is 2.37 bits per heavy atom. The van der Waals surface area contributed by atoms with E-state index in [1.54, 1.807) is 24.3 Å². The molecule has 0 bridgehead atoms. The summed E-state index contributed by atoms with van der Waals surface area (Å²) in [6, 6.07) is 6.60. The van der Waals surface area contributed by atoms with Crippen molar-refractivity contribution < 1.29 is 13.5 Å². The van der Waals surface area contributed by atoms with Crippen molar-refractivity contribution in [3.8, 4) is 5.75 Å². The minimum absolute atomic E-state index is 0.181. The Morgan fingerprint density at radius 2 is 1.84 bits per heavy atom. The predicted molar refractivity (Wildman–Crippen MR) is 71.8 cm³/mol. The second-order valence-electron chi connectivity index (χ2n) is 4.55. The number of para-hydroxylation sites is 1. The van der Waals surface area contributed by atoms with Crippen LogP contribution in [0.15, 0.2) is 24.3 Å². The number of nitrogens with one attached hydrogen (secondary N) is 1. The quantitative estimate of drug-likeness (QED) is 0.561. The van der Waals surface area contributed by atoms with Gasteiger partial charge in [0, 0.05) is 11.6 Å². The van der Waals surface area contributed by atoms with E-state index < -0.39 is 6.61 Å². The summed E-state index contributed by atoms with van der Waals surface area (Å²) in [7, 11) is 0. The second-order valence-corrected chi connectivity index (χ2v) is 4.55. The third-order valence-electron chi connectivity index (χ3n) is 3.44. The van der Waals surface area contributed by atoms with Gasteiger partial charge in [0.1, 0.15) is 5.75 Å². The standard InChI is InChI=1S/C14H22F2N2O/c1-3-10(4-2)9-12(18-17)11-7-5-6-8-13(11)19-14(15)16/h5-8,10,12,14,18H,3-4,9,17H2,1-2H3. The number of halogens is 2. The number of hydrogen-bond acceptors (Lipinski definition) is 3. The summed E-state index contributed by atoms with van der Waals surface area (Å²) in [6.45, 7) is 1.40. The summed E-state index contributed by atoms with van der Waals surface area (Å²) in [6.07, 6.45) is 2.87. The van der Waals surface area contributed by atoms with Crippen LogP contribution < -0.4 is 16.0 Å². The smallest absolute Gasteiger partial charge is 0.387 e. The fourth-order valence-corrected chi connectivity index (χ4v) is 2.21. The third kappa shape index (κ3) is 4.76. The average molecular weight is 272 g/mol. The maximum absolute atomic E-state index is 12.4. The van der Waals surface area contributed by atoms with Crippen molar-refractivity contribution in [2.75, 3.05) is 0 Å². The minimum Gasteiger partial charge on any atom is -0.434 e. The normalized spacial score (nSPS) is 13.0. The molecule has 0 aromatic heterocycles. The molecule has 0 aliphatic heterocycles. The van der Waals surface area contributed by atoms with Crippen LogP contribution in [0.4, 0.5) is 8.78 Å². The van der Waals surface area contributed by atoms with Gasteiger partial charge >= 0.3 is 6.61 Å².